The van der Waals surface area contributed by atoms with Crippen molar-refractivity contribution in [3.8, 4) is 0 Å². The number of aliphatic hydroxyl groups excluding tert-OH is 1. The molecule has 0 aliphatic heterocycles. The molecule has 0 saturated heterocycles. The van der Waals surface area contributed by atoms with Crippen molar-refractivity contribution in [2.75, 3.05) is 0 Å². The van der Waals surface area contributed by atoms with Crippen molar-refractivity contribution in [2.45, 2.75) is 38.7 Å². The average Bonchev–Trinajstić information content (AvgIpc) is 2.81. The van der Waals surface area contributed by atoms with Gasteiger partial charge in [-0.3, -0.25) is 0 Å². The third-order valence-corrected chi connectivity index (χ3v) is 5.83. The highest BCUT2D eigenvalue weighted by Crippen LogP contribution is 2.39. The van der Waals surface area contributed by atoms with Gasteiger partial charge in [-0.1, -0.05) is 32.9 Å². The van der Waals surface area contributed by atoms with Gasteiger partial charge in [0.15, 0.2) is 0 Å². The van der Waals surface area contributed by atoms with Crippen molar-refractivity contribution < 1.29 is 9.50 Å². The first kappa shape index (κ1) is 15.6. The van der Waals surface area contributed by atoms with Gasteiger partial charge in [0.2, 0.25) is 0 Å². The average molecular weight is 358 g/mol. The van der Waals surface area contributed by atoms with E-state index in [2.05, 4.69) is 41.7 Å². The van der Waals surface area contributed by atoms with E-state index >= 15 is 0 Å². The van der Waals surface area contributed by atoms with Crippen molar-refractivity contribution in [1.29, 1.82) is 0 Å². The van der Waals surface area contributed by atoms with Crippen LogP contribution in [0.15, 0.2) is 28.9 Å². The van der Waals surface area contributed by atoms with E-state index < -0.39 is 6.10 Å². The van der Waals surface area contributed by atoms with E-state index in [4.69, 9.17) is 0 Å². The number of aliphatic hydroxyl groups is 1. The SMILES string of the molecule is CCC(C)(C)c1nc(Br)c(C(O)c2cccc(F)c2)s1. The zero-order chi connectivity index (χ0) is 14.9. The lowest BCUT2D eigenvalue weighted by Gasteiger charge is -2.18. The Bertz CT molecular complexity index is 612. The summed E-state index contributed by atoms with van der Waals surface area (Å²) in [5.41, 5.74) is 0.503. The summed E-state index contributed by atoms with van der Waals surface area (Å²) in [6, 6.07) is 6.02. The zero-order valence-corrected chi connectivity index (χ0v) is 14.1. The predicted octanol–water partition coefficient (Wildman–Crippen LogP) is 4.81. The van der Waals surface area contributed by atoms with Crippen LogP contribution in [0.4, 0.5) is 4.39 Å². The lowest BCUT2D eigenvalue weighted by atomic mass is 9.91. The van der Waals surface area contributed by atoms with Crippen LogP contribution in [-0.4, -0.2) is 10.1 Å². The van der Waals surface area contributed by atoms with E-state index in [9.17, 15) is 9.50 Å². The highest BCUT2D eigenvalue weighted by Gasteiger charge is 2.26. The molecule has 108 valence electrons. The molecule has 0 aliphatic carbocycles. The molecule has 0 spiro atoms. The molecule has 1 unspecified atom stereocenters. The summed E-state index contributed by atoms with van der Waals surface area (Å²) in [6.45, 7) is 6.35. The third kappa shape index (κ3) is 3.10. The molecule has 2 nitrogen and oxygen atoms in total. The van der Waals surface area contributed by atoms with Crippen molar-refractivity contribution in [1.82, 2.24) is 4.98 Å². The van der Waals surface area contributed by atoms with Gasteiger partial charge in [-0.15, -0.1) is 11.3 Å². The summed E-state index contributed by atoms with van der Waals surface area (Å²) in [6.07, 6.45) is 0.0987. The fourth-order valence-electron chi connectivity index (χ4n) is 1.75. The second kappa shape index (κ2) is 5.92. The minimum atomic E-state index is -0.862. The lowest BCUT2D eigenvalue weighted by Crippen LogP contribution is -2.14. The van der Waals surface area contributed by atoms with Crippen molar-refractivity contribution in [3.05, 3.63) is 50.1 Å². The monoisotopic (exact) mass is 357 g/mol. The second-order valence-corrected chi connectivity index (χ2v) is 7.15. The summed E-state index contributed by atoms with van der Waals surface area (Å²) in [5.74, 6) is -0.351. The number of aromatic nitrogens is 1. The van der Waals surface area contributed by atoms with Gasteiger partial charge in [0.1, 0.15) is 16.5 Å². The predicted molar refractivity (Wildman–Crippen MR) is 83.6 cm³/mol. The van der Waals surface area contributed by atoms with Crippen LogP contribution in [0.25, 0.3) is 0 Å². The maximum absolute atomic E-state index is 13.3. The fraction of sp³-hybridized carbons (Fsp3) is 0.400. The van der Waals surface area contributed by atoms with E-state index in [1.54, 1.807) is 12.1 Å². The second-order valence-electron chi connectivity index (χ2n) is 5.37. The molecule has 5 heteroatoms. The molecule has 1 atom stereocenters. The lowest BCUT2D eigenvalue weighted by molar-refractivity contribution is 0.222. The highest BCUT2D eigenvalue weighted by atomic mass is 79.9. The smallest absolute Gasteiger partial charge is 0.123 e. The first-order chi connectivity index (χ1) is 9.35. The summed E-state index contributed by atoms with van der Waals surface area (Å²) < 4.78 is 13.9. The van der Waals surface area contributed by atoms with Crippen LogP contribution in [-0.2, 0) is 5.41 Å². The number of halogens is 2. The number of benzene rings is 1. The Morgan fingerprint density at radius 3 is 2.75 bits per heavy atom. The summed E-state index contributed by atoms with van der Waals surface area (Å²) in [7, 11) is 0. The molecule has 1 aromatic carbocycles. The first-order valence-electron chi connectivity index (χ1n) is 6.45. The van der Waals surface area contributed by atoms with Crippen LogP contribution in [0.1, 0.15) is 48.7 Å². The van der Waals surface area contributed by atoms with Crippen LogP contribution < -0.4 is 0 Å². The molecule has 1 aromatic heterocycles. The number of thiazole rings is 1. The van der Waals surface area contributed by atoms with E-state index in [0.29, 0.717) is 15.0 Å². The molecule has 0 radical (unpaired) electrons. The molecular formula is C15H17BrFNOS. The molecule has 1 heterocycles. The summed E-state index contributed by atoms with van der Waals surface area (Å²) in [4.78, 5) is 5.22. The van der Waals surface area contributed by atoms with E-state index in [1.165, 1.54) is 23.5 Å². The summed E-state index contributed by atoms with van der Waals surface area (Å²) in [5, 5.41) is 11.4. The Balaban J connectivity index is 2.38. The zero-order valence-electron chi connectivity index (χ0n) is 11.7. The quantitative estimate of drug-likeness (QED) is 0.851. The number of hydrogen-bond acceptors (Lipinski definition) is 3. The van der Waals surface area contributed by atoms with Gasteiger partial charge in [0.05, 0.1) is 9.88 Å². The normalized spacial score (nSPS) is 13.5. The largest absolute Gasteiger partial charge is 0.383 e. The molecule has 0 aliphatic rings. The van der Waals surface area contributed by atoms with Crippen LogP contribution in [0, 0.1) is 5.82 Å². The molecule has 2 rings (SSSR count). The van der Waals surface area contributed by atoms with Gasteiger partial charge in [-0.25, -0.2) is 9.37 Å². The van der Waals surface area contributed by atoms with Gasteiger partial charge in [-0.05, 0) is 40.0 Å². The Morgan fingerprint density at radius 2 is 2.15 bits per heavy atom. The standard InChI is InChI=1S/C15H17BrFNOS/c1-4-15(2,3)14-18-13(16)12(20-14)11(19)9-6-5-7-10(17)8-9/h5-8,11,19H,4H2,1-3H3. The van der Waals surface area contributed by atoms with Gasteiger partial charge < -0.3 is 5.11 Å². The van der Waals surface area contributed by atoms with Crippen LogP contribution in [0.3, 0.4) is 0 Å². The molecule has 0 fully saturated rings. The molecule has 20 heavy (non-hydrogen) atoms. The Hall–Kier alpha value is -0.780. The van der Waals surface area contributed by atoms with Crippen molar-refractivity contribution >= 4 is 27.3 Å². The molecular weight excluding hydrogens is 341 g/mol. The Kier molecular flexibility index (Phi) is 4.62. The Labute approximate surface area is 130 Å². The topological polar surface area (TPSA) is 33.1 Å². The van der Waals surface area contributed by atoms with Gasteiger partial charge in [0, 0.05) is 5.41 Å². The molecule has 0 bridgehead atoms. The fourth-order valence-corrected chi connectivity index (χ4v) is 3.65. The van der Waals surface area contributed by atoms with E-state index in [1.807, 2.05) is 0 Å². The first-order valence-corrected chi connectivity index (χ1v) is 8.06. The highest BCUT2D eigenvalue weighted by molar-refractivity contribution is 9.10. The molecule has 2 aromatic rings. The summed E-state index contributed by atoms with van der Waals surface area (Å²) >= 11 is 4.87. The van der Waals surface area contributed by atoms with Gasteiger partial charge in [-0.2, -0.15) is 0 Å². The van der Waals surface area contributed by atoms with Crippen molar-refractivity contribution in [2.24, 2.45) is 0 Å². The van der Waals surface area contributed by atoms with Crippen LogP contribution in [0.5, 0.6) is 0 Å². The number of nitrogens with zero attached hydrogens (tertiary/aromatic N) is 1. The van der Waals surface area contributed by atoms with E-state index in [0.717, 1.165) is 11.4 Å². The van der Waals surface area contributed by atoms with Crippen molar-refractivity contribution in [3.63, 3.8) is 0 Å². The third-order valence-electron chi connectivity index (χ3n) is 3.49. The number of hydrogen-bond donors (Lipinski definition) is 1. The maximum atomic E-state index is 13.3. The Morgan fingerprint density at radius 1 is 1.45 bits per heavy atom. The molecule has 1 N–H and O–H groups in total. The van der Waals surface area contributed by atoms with E-state index in [-0.39, 0.29) is 11.2 Å². The van der Waals surface area contributed by atoms with Crippen LogP contribution >= 0.6 is 27.3 Å². The molecule has 0 amide bonds. The number of rotatable bonds is 4. The van der Waals surface area contributed by atoms with Gasteiger partial charge in [0.25, 0.3) is 0 Å². The minimum absolute atomic E-state index is 0.0346. The maximum Gasteiger partial charge on any atom is 0.123 e. The van der Waals surface area contributed by atoms with Gasteiger partial charge >= 0.3 is 0 Å². The molecule has 0 saturated carbocycles. The minimum Gasteiger partial charge on any atom is -0.383 e. The van der Waals surface area contributed by atoms with Crippen LogP contribution in [0.2, 0.25) is 0 Å².